The van der Waals surface area contributed by atoms with Gasteiger partial charge in [-0.1, -0.05) is 25.0 Å². The molecule has 0 saturated heterocycles. The summed E-state index contributed by atoms with van der Waals surface area (Å²) in [6, 6.07) is 7.93. The molecule has 98 valence electrons. The number of benzene rings is 1. The van der Waals surface area contributed by atoms with Crippen LogP contribution in [0.3, 0.4) is 0 Å². The molecular weight excluding hydrogens is 244 g/mol. The summed E-state index contributed by atoms with van der Waals surface area (Å²) in [6.07, 6.45) is 4.77. The van der Waals surface area contributed by atoms with Crippen molar-refractivity contribution in [1.29, 1.82) is 0 Å². The van der Waals surface area contributed by atoms with Crippen LogP contribution in [0.15, 0.2) is 29.2 Å². The maximum atomic E-state index is 11.9. The zero-order chi connectivity index (χ0) is 13.0. The van der Waals surface area contributed by atoms with Gasteiger partial charge in [0, 0.05) is 17.0 Å². The lowest BCUT2D eigenvalue weighted by Gasteiger charge is -2.29. The molecule has 0 spiro atoms. The van der Waals surface area contributed by atoms with E-state index >= 15 is 0 Å². The average Bonchev–Trinajstić information content (AvgIpc) is 2.35. The van der Waals surface area contributed by atoms with Crippen molar-refractivity contribution >= 4 is 18.5 Å². The van der Waals surface area contributed by atoms with E-state index in [2.05, 4.69) is 17.9 Å². The third-order valence-corrected chi connectivity index (χ3v) is 3.76. The predicted octanol–water partition coefficient (Wildman–Crippen LogP) is 1.90. The minimum Gasteiger partial charge on any atom is -0.352 e. The van der Waals surface area contributed by atoms with Gasteiger partial charge >= 0.3 is 0 Å². The average molecular weight is 264 g/mol. The van der Waals surface area contributed by atoms with E-state index in [9.17, 15) is 4.79 Å². The monoisotopic (exact) mass is 264 g/mol. The maximum absolute atomic E-state index is 11.9. The minimum absolute atomic E-state index is 0.0595. The van der Waals surface area contributed by atoms with Crippen LogP contribution in [0.1, 0.15) is 31.2 Å². The molecular formula is C14H20N2OS. The molecule has 2 atom stereocenters. The molecule has 1 aliphatic carbocycles. The zero-order valence-corrected chi connectivity index (χ0v) is 11.3. The maximum Gasteiger partial charge on any atom is 0.224 e. The topological polar surface area (TPSA) is 55.1 Å². The first-order chi connectivity index (χ1) is 8.65. The fourth-order valence-corrected chi connectivity index (χ4v) is 2.54. The quantitative estimate of drug-likeness (QED) is 0.730. The molecule has 0 aromatic heterocycles. The van der Waals surface area contributed by atoms with Gasteiger partial charge in [0.15, 0.2) is 0 Å². The first kappa shape index (κ1) is 13.4. The molecule has 3 N–H and O–H groups in total. The normalized spacial score (nSPS) is 23.7. The highest BCUT2D eigenvalue weighted by Crippen LogP contribution is 2.17. The van der Waals surface area contributed by atoms with Crippen molar-refractivity contribution < 1.29 is 4.79 Å². The number of hydrogen-bond donors (Lipinski definition) is 3. The number of nitrogens with two attached hydrogens (primary N) is 1. The van der Waals surface area contributed by atoms with Crippen molar-refractivity contribution in [2.75, 3.05) is 0 Å². The molecule has 0 heterocycles. The smallest absolute Gasteiger partial charge is 0.224 e. The number of hydrogen-bond acceptors (Lipinski definition) is 3. The van der Waals surface area contributed by atoms with Crippen molar-refractivity contribution in [1.82, 2.24) is 5.32 Å². The third-order valence-electron chi connectivity index (χ3n) is 3.47. The van der Waals surface area contributed by atoms with Gasteiger partial charge in [0.1, 0.15) is 0 Å². The largest absolute Gasteiger partial charge is 0.352 e. The molecule has 18 heavy (non-hydrogen) atoms. The molecule has 2 rings (SSSR count). The van der Waals surface area contributed by atoms with Crippen molar-refractivity contribution in [3.8, 4) is 0 Å². The third kappa shape index (κ3) is 3.75. The van der Waals surface area contributed by atoms with Gasteiger partial charge in [0.25, 0.3) is 0 Å². The second-order valence-electron chi connectivity index (χ2n) is 4.97. The summed E-state index contributed by atoms with van der Waals surface area (Å²) >= 11 is 4.22. The van der Waals surface area contributed by atoms with Crippen LogP contribution < -0.4 is 11.1 Å². The first-order valence-corrected chi connectivity index (χ1v) is 6.93. The molecule has 1 saturated carbocycles. The number of nitrogens with one attached hydrogen (secondary N) is 1. The Balaban J connectivity index is 1.86. The summed E-state index contributed by atoms with van der Waals surface area (Å²) in [4.78, 5) is 12.8. The van der Waals surface area contributed by atoms with E-state index in [4.69, 9.17) is 5.73 Å². The van der Waals surface area contributed by atoms with Crippen molar-refractivity contribution in [2.45, 2.75) is 49.1 Å². The molecule has 0 aliphatic heterocycles. The number of carbonyl (C=O) groups excluding carboxylic acids is 1. The summed E-state index contributed by atoms with van der Waals surface area (Å²) in [7, 11) is 0. The summed E-state index contributed by atoms with van der Waals surface area (Å²) in [6.45, 7) is 0. The van der Waals surface area contributed by atoms with Crippen LogP contribution in [-0.2, 0) is 11.2 Å². The predicted molar refractivity (Wildman–Crippen MR) is 75.8 cm³/mol. The van der Waals surface area contributed by atoms with Crippen molar-refractivity contribution in [3.05, 3.63) is 29.8 Å². The van der Waals surface area contributed by atoms with Gasteiger partial charge in [0.2, 0.25) is 5.91 Å². The van der Waals surface area contributed by atoms with Gasteiger partial charge in [-0.3, -0.25) is 4.79 Å². The molecule has 3 nitrogen and oxygen atoms in total. The molecule has 1 amide bonds. The number of amides is 1. The summed E-state index contributed by atoms with van der Waals surface area (Å²) in [5, 5.41) is 3.05. The zero-order valence-electron chi connectivity index (χ0n) is 10.4. The fraction of sp³-hybridized carbons (Fsp3) is 0.500. The molecule has 2 unspecified atom stereocenters. The summed E-state index contributed by atoms with van der Waals surface area (Å²) in [5.74, 6) is 0.0595. The van der Waals surface area contributed by atoms with E-state index in [0.717, 1.165) is 29.7 Å². The minimum atomic E-state index is 0.0595. The second-order valence-corrected chi connectivity index (χ2v) is 5.48. The van der Waals surface area contributed by atoms with Gasteiger partial charge in [-0.2, -0.15) is 0 Å². The Morgan fingerprint density at radius 2 is 1.94 bits per heavy atom. The lowest BCUT2D eigenvalue weighted by molar-refractivity contribution is -0.121. The summed E-state index contributed by atoms with van der Waals surface area (Å²) in [5.41, 5.74) is 7.02. The number of thiol groups is 1. The van der Waals surface area contributed by atoms with Gasteiger partial charge in [0.05, 0.1) is 6.42 Å². The first-order valence-electron chi connectivity index (χ1n) is 6.48. The van der Waals surface area contributed by atoms with Crippen molar-refractivity contribution in [2.24, 2.45) is 5.73 Å². The van der Waals surface area contributed by atoms with Crippen LogP contribution in [0, 0.1) is 0 Å². The molecule has 1 fully saturated rings. The molecule has 4 heteroatoms. The van der Waals surface area contributed by atoms with Gasteiger partial charge < -0.3 is 11.1 Å². The highest BCUT2D eigenvalue weighted by Gasteiger charge is 2.23. The van der Waals surface area contributed by atoms with Crippen LogP contribution >= 0.6 is 12.6 Å². The van der Waals surface area contributed by atoms with Crippen LogP contribution in [0.4, 0.5) is 0 Å². The van der Waals surface area contributed by atoms with Gasteiger partial charge in [-0.05, 0) is 30.5 Å². The van der Waals surface area contributed by atoms with E-state index in [1.165, 1.54) is 6.42 Å². The van der Waals surface area contributed by atoms with Crippen LogP contribution in [-0.4, -0.2) is 18.0 Å². The SMILES string of the molecule is NC1CCCCC1NC(=O)Cc1ccc(S)cc1. The van der Waals surface area contributed by atoms with Gasteiger partial charge in [-0.15, -0.1) is 12.6 Å². The highest BCUT2D eigenvalue weighted by molar-refractivity contribution is 7.80. The Bertz CT molecular complexity index is 405. The molecule has 0 bridgehead atoms. The van der Waals surface area contributed by atoms with E-state index in [-0.39, 0.29) is 18.0 Å². The standard InChI is InChI=1S/C14H20N2OS/c15-12-3-1-2-4-13(12)16-14(17)9-10-5-7-11(18)8-6-10/h5-8,12-13,18H,1-4,9,15H2,(H,16,17). The Labute approximate surface area is 114 Å². The Morgan fingerprint density at radius 3 is 2.61 bits per heavy atom. The van der Waals surface area contributed by atoms with Crippen LogP contribution in [0.25, 0.3) is 0 Å². The fourth-order valence-electron chi connectivity index (χ4n) is 2.40. The van der Waals surface area contributed by atoms with Crippen molar-refractivity contribution in [3.63, 3.8) is 0 Å². The molecule has 1 aromatic carbocycles. The van der Waals surface area contributed by atoms with Gasteiger partial charge in [-0.25, -0.2) is 0 Å². The Morgan fingerprint density at radius 1 is 1.28 bits per heavy atom. The van der Waals surface area contributed by atoms with E-state index in [1.54, 1.807) is 0 Å². The van der Waals surface area contributed by atoms with E-state index in [1.807, 2.05) is 24.3 Å². The number of carbonyl (C=O) groups is 1. The second kappa shape index (κ2) is 6.25. The Kier molecular flexibility index (Phi) is 4.66. The Hall–Kier alpha value is -1.00. The lowest BCUT2D eigenvalue weighted by Crippen LogP contribution is -2.49. The van der Waals surface area contributed by atoms with E-state index in [0.29, 0.717) is 6.42 Å². The lowest BCUT2D eigenvalue weighted by atomic mass is 9.91. The van der Waals surface area contributed by atoms with E-state index < -0.39 is 0 Å². The molecule has 1 aliphatic rings. The summed E-state index contributed by atoms with van der Waals surface area (Å²) < 4.78 is 0. The van der Waals surface area contributed by atoms with Crippen LogP contribution in [0.5, 0.6) is 0 Å². The number of rotatable bonds is 3. The molecule has 0 radical (unpaired) electrons. The molecule has 1 aromatic rings. The highest BCUT2D eigenvalue weighted by atomic mass is 32.1. The van der Waals surface area contributed by atoms with Crippen LogP contribution in [0.2, 0.25) is 0 Å².